The Hall–Kier alpha value is -1.40. The van der Waals surface area contributed by atoms with E-state index in [2.05, 4.69) is 21.2 Å². The molecule has 1 aromatic carbocycles. The van der Waals surface area contributed by atoms with Crippen molar-refractivity contribution in [3.63, 3.8) is 0 Å². The fourth-order valence-electron chi connectivity index (χ4n) is 2.00. The number of carbonyl (C=O) groups excluding carboxylic acids is 1. The standard InChI is InChI=1S/C14H18BrNO4/c1-14(9-20-2,8-13(18)19)16-12(17)7-10-4-3-5-11(15)6-10/h3-6H,7-9H2,1-2H3,(H,16,17)(H,18,19). The van der Waals surface area contributed by atoms with Gasteiger partial charge in [0.15, 0.2) is 0 Å². The second-order valence-corrected chi connectivity index (χ2v) is 5.83. The van der Waals surface area contributed by atoms with Crippen molar-refractivity contribution >= 4 is 27.8 Å². The molecule has 0 saturated carbocycles. The van der Waals surface area contributed by atoms with Gasteiger partial charge in [-0.1, -0.05) is 28.1 Å². The molecule has 0 radical (unpaired) electrons. The normalized spacial score (nSPS) is 13.6. The lowest BCUT2D eigenvalue weighted by Crippen LogP contribution is -2.51. The van der Waals surface area contributed by atoms with Crippen LogP contribution in [0.4, 0.5) is 0 Å². The third kappa shape index (κ3) is 5.71. The highest BCUT2D eigenvalue weighted by molar-refractivity contribution is 9.10. The molecule has 1 amide bonds. The van der Waals surface area contributed by atoms with Gasteiger partial charge in [-0.2, -0.15) is 0 Å². The van der Waals surface area contributed by atoms with Gasteiger partial charge < -0.3 is 15.2 Å². The second kappa shape index (κ2) is 7.40. The first-order valence-electron chi connectivity index (χ1n) is 6.11. The number of carbonyl (C=O) groups is 2. The highest BCUT2D eigenvalue weighted by Crippen LogP contribution is 2.14. The van der Waals surface area contributed by atoms with Crippen LogP contribution in [0.1, 0.15) is 18.9 Å². The molecule has 1 rings (SSSR count). The minimum atomic E-state index is -0.979. The fraction of sp³-hybridized carbons (Fsp3) is 0.429. The van der Waals surface area contributed by atoms with E-state index in [1.807, 2.05) is 24.3 Å². The first kappa shape index (κ1) is 16.7. The maximum Gasteiger partial charge on any atom is 0.305 e. The van der Waals surface area contributed by atoms with Gasteiger partial charge in [-0.3, -0.25) is 9.59 Å². The molecule has 2 N–H and O–H groups in total. The van der Waals surface area contributed by atoms with Crippen LogP contribution >= 0.6 is 15.9 Å². The van der Waals surface area contributed by atoms with Gasteiger partial charge in [0.1, 0.15) is 0 Å². The number of hydrogen-bond acceptors (Lipinski definition) is 3. The van der Waals surface area contributed by atoms with Crippen molar-refractivity contribution < 1.29 is 19.4 Å². The topological polar surface area (TPSA) is 75.6 Å². The summed E-state index contributed by atoms with van der Waals surface area (Å²) in [6.45, 7) is 1.80. The Morgan fingerprint density at radius 1 is 1.45 bits per heavy atom. The van der Waals surface area contributed by atoms with Crippen LogP contribution in [0, 0.1) is 0 Å². The van der Waals surface area contributed by atoms with Gasteiger partial charge in [0, 0.05) is 11.6 Å². The number of rotatable bonds is 7. The molecule has 0 aliphatic rings. The highest BCUT2D eigenvalue weighted by Gasteiger charge is 2.29. The molecular weight excluding hydrogens is 326 g/mol. The minimum absolute atomic E-state index is 0.142. The van der Waals surface area contributed by atoms with E-state index in [0.717, 1.165) is 10.0 Å². The van der Waals surface area contributed by atoms with Crippen molar-refractivity contribution in [3.8, 4) is 0 Å². The smallest absolute Gasteiger partial charge is 0.305 e. The molecule has 1 aromatic rings. The third-order valence-electron chi connectivity index (χ3n) is 2.70. The zero-order valence-electron chi connectivity index (χ0n) is 11.5. The van der Waals surface area contributed by atoms with Crippen molar-refractivity contribution in [3.05, 3.63) is 34.3 Å². The zero-order valence-corrected chi connectivity index (χ0v) is 13.1. The van der Waals surface area contributed by atoms with Gasteiger partial charge in [0.25, 0.3) is 0 Å². The summed E-state index contributed by atoms with van der Waals surface area (Å²) in [6, 6.07) is 7.42. The molecule has 0 aliphatic carbocycles. The zero-order chi connectivity index (χ0) is 15.2. The van der Waals surface area contributed by atoms with E-state index in [0.29, 0.717) is 0 Å². The number of aliphatic carboxylic acids is 1. The van der Waals surface area contributed by atoms with E-state index in [4.69, 9.17) is 9.84 Å². The molecule has 1 atom stereocenters. The third-order valence-corrected chi connectivity index (χ3v) is 3.19. The molecule has 0 saturated heterocycles. The monoisotopic (exact) mass is 343 g/mol. The Morgan fingerprint density at radius 3 is 2.70 bits per heavy atom. The van der Waals surface area contributed by atoms with E-state index < -0.39 is 11.5 Å². The van der Waals surface area contributed by atoms with Crippen molar-refractivity contribution in [1.82, 2.24) is 5.32 Å². The van der Waals surface area contributed by atoms with Crippen molar-refractivity contribution in [2.45, 2.75) is 25.3 Å². The van der Waals surface area contributed by atoms with Crippen LogP contribution in [0.2, 0.25) is 0 Å². The van der Waals surface area contributed by atoms with Gasteiger partial charge in [-0.15, -0.1) is 0 Å². The summed E-state index contributed by atoms with van der Waals surface area (Å²) < 4.78 is 5.89. The summed E-state index contributed by atoms with van der Waals surface area (Å²) in [5, 5.41) is 11.6. The summed E-state index contributed by atoms with van der Waals surface area (Å²) in [6.07, 6.45) is 0.00340. The number of benzene rings is 1. The number of carboxylic acid groups (broad SMARTS) is 1. The largest absolute Gasteiger partial charge is 0.481 e. The lowest BCUT2D eigenvalue weighted by atomic mass is 9.98. The average molecular weight is 344 g/mol. The Morgan fingerprint density at radius 2 is 2.15 bits per heavy atom. The average Bonchev–Trinajstić information content (AvgIpc) is 2.26. The van der Waals surface area contributed by atoms with Crippen LogP contribution in [0.5, 0.6) is 0 Å². The number of ether oxygens (including phenoxy) is 1. The molecule has 0 spiro atoms. The molecular formula is C14H18BrNO4. The Labute approximate surface area is 126 Å². The summed E-state index contributed by atoms with van der Waals surface area (Å²) in [5.41, 5.74) is -0.0593. The summed E-state index contributed by atoms with van der Waals surface area (Å²) >= 11 is 3.34. The molecule has 5 nitrogen and oxygen atoms in total. The molecule has 0 heterocycles. The van der Waals surface area contributed by atoms with Crippen molar-refractivity contribution in [2.75, 3.05) is 13.7 Å². The van der Waals surface area contributed by atoms with Crippen LogP contribution in [0.25, 0.3) is 0 Å². The van der Waals surface area contributed by atoms with Crippen LogP contribution in [0.3, 0.4) is 0 Å². The number of amides is 1. The predicted molar refractivity (Wildman–Crippen MR) is 78.5 cm³/mol. The number of carboxylic acids is 1. The van der Waals surface area contributed by atoms with Crippen LogP contribution in [-0.4, -0.2) is 36.2 Å². The molecule has 0 bridgehead atoms. The maximum atomic E-state index is 12.0. The van der Waals surface area contributed by atoms with E-state index in [1.165, 1.54) is 7.11 Å². The molecule has 6 heteroatoms. The molecule has 20 heavy (non-hydrogen) atoms. The quantitative estimate of drug-likeness (QED) is 0.793. The minimum Gasteiger partial charge on any atom is -0.481 e. The molecule has 0 aliphatic heterocycles. The highest BCUT2D eigenvalue weighted by atomic mass is 79.9. The van der Waals surface area contributed by atoms with Gasteiger partial charge in [0.05, 0.1) is 25.0 Å². The van der Waals surface area contributed by atoms with Gasteiger partial charge in [-0.25, -0.2) is 0 Å². The fourth-order valence-corrected chi connectivity index (χ4v) is 2.44. The molecule has 0 aromatic heterocycles. The van der Waals surface area contributed by atoms with Crippen molar-refractivity contribution in [1.29, 1.82) is 0 Å². The second-order valence-electron chi connectivity index (χ2n) is 4.92. The van der Waals surface area contributed by atoms with Gasteiger partial charge >= 0.3 is 5.97 Å². The molecule has 1 unspecified atom stereocenters. The lowest BCUT2D eigenvalue weighted by molar-refractivity contribution is -0.139. The van der Waals surface area contributed by atoms with E-state index in [9.17, 15) is 9.59 Å². The summed E-state index contributed by atoms with van der Waals surface area (Å²) in [5.74, 6) is -1.21. The molecule has 110 valence electrons. The molecule has 0 fully saturated rings. The Bertz CT molecular complexity index is 492. The predicted octanol–water partition coefficient (Wildman–Crippen LogP) is 1.99. The number of nitrogens with one attached hydrogen (secondary N) is 1. The van der Waals surface area contributed by atoms with Crippen molar-refractivity contribution in [2.24, 2.45) is 0 Å². The number of halogens is 1. The number of methoxy groups -OCH3 is 1. The van der Waals surface area contributed by atoms with Crippen LogP contribution in [-0.2, 0) is 20.7 Å². The van der Waals surface area contributed by atoms with Crippen LogP contribution in [0.15, 0.2) is 28.7 Å². The van der Waals surface area contributed by atoms with Gasteiger partial charge in [0.2, 0.25) is 5.91 Å². The van der Waals surface area contributed by atoms with E-state index in [1.54, 1.807) is 6.92 Å². The van der Waals surface area contributed by atoms with E-state index >= 15 is 0 Å². The first-order chi connectivity index (χ1) is 9.34. The maximum absolute atomic E-state index is 12.0. The Kier molecular flexibility index (Phi) is 6.16. The number of hydrogen-bond donors (Lipinski definition) is 2. The van der Waals surface area contributed by atoms with E-state index in [-0.39, 0.29) is 25.4 Å². The first-order valence-corrected chi connectivity index (χ1v) is 6.90. The SMILES string of the molecule is COCC(C)(CC(=O)O)NC(=O)Cc1cccc(Br)c1. The summed E-state index contributed by atoms with van der Waals surface area (Å²) in [7, 11) is 1.47. The summed E-state index contributed by atoms with van der Waals surface area (Å²) in [4.78, 5) is 22.9. The Balaban J connectivity index is 2.68. The lowest BCUT2D eigenvalue weighted by Gasteiger charge is -2.28. The van der Waals surface area contributed by atoms with Gasteiger partial charge in [-0.05, 0) is 24.6 Å². The van der Waals surface area contributed by atoms with Crippen LogP contribution < -0.4 is 5.32 Å².